The predicted octanol–water partition coefficient (Wildman–Crippen LogP) is 3.46. The molecule has 0 bridgehead atoms. The number of nitrogens with two attached hydrogens (primary N) is 1. The van der Waals surface area contributed by atoms with Gasteiger partial charge in [-0.15, -0.1) is 5.10 Å². The quantitative estimate of drug-likeness (QED) is 0.387. The predicted molar refractivity (Wildman–Crippen MR) is 90.0 cm³/mol. The molecule has 0 saturated carbocycles. The summed E-state index contributed by atoms with van der Waals surface area (Å²) >= 11 is 1.21. The summed E-state index contributed by atoms with van der Waals surface area (Å²) in [7, 11) is 0. The minimum Gasteiger partial charge on any atom is -0.377 e. The fourth-order valence-corrected chi connectivity index (χ4v) is 2.37. The molecule has 0 atom stereocenters. The van der Waals surface area contributed by atoms with Gasteiger partial charge in [0.1, 0.15) is 17.2 Å². The van der Waals surface area contributed by atoms with Crippen molar-refractivity contribution in [3.05, 3.63) is 75.3 Å². The summed E-state index contributed by atoms with van der Waals surface area (Å²) in [6.07, 6.45) is 0.836. The van der Waals surface area contributed by atoms with Crippen molar-refractivity contribution < 1.29 is 13.7 Å². The first kappa shape index (κ1) is 17.5. The molecular formula is C15H12F2N4O2S. The molecule has 0 aromatic heterocycles. The Morgan fingerprint density at radius 3 is 2.67 bits per heavy atom. The summed E-state index contributed by atoms with van der Waals surface area (Å²) in [4.78, 5) is 9.93. The lowest BCUT2D eigenvalue weighted by molar-refractivity contribution is -0.385. The van der Waals surface area contributed by atoms with Crippen molar-refractivity contribution in [3.8, 4) is 0 Å². The number of nitro groups is 1. The monoisotopic (exact) mass is 350 g/mol. The number of nitro benzene ring substituents is 1. The Morgan fingerprint density at radius 1 is 1.29 bits per heavy atom. The van der Waals surface area contributed by atoms with Crippen LogP contribution in [0.2, 0.25) is 0 Å². The van der Waals surface area contributed by atoms with Crippen molar-refractivity contribution in [2.24, 2.45) is 15.9 Å². The van der Waals surface area contributed by atoms with E-state index in [0.29, 0.717) is 17.9 Å². The lowest BCUT2D eigenvalue weighted by Gasteiger charge is -2.00. The highest BCUT2D eigenvalue weighted by Gasteiger charge is 2.18. The minimum atomic E-state index is -1.10. The van der Waals surface area contributed by atoms with E-state index in [1.165, 1.54) is 11.8 Å². The largest absolute Gasteiger partial charge is 0.377 e. The molecular weight excluding hydrogens is 338 g/mol. The first-order valence-electron chi connectivity index (χ1n) is 6.64. The van der Waals surface area contributed by atoms with Gasteiger partial charge in [-0.05, 0) is 5.56 Å². The molecule has 0 heterocycles. The highest BCUT2D eigenvalue weighted by Crippen LogP contribution is 2.21. The number of amidine groups is 1. The van der Waals surface area contributed by atoms with Gasteiger partial charge in [-0.1, -0.05) is 42.1 Å². The Hall–Kier alpha value is -2.81. The highest BCUT2D eigenvalue weighted by molar-refractivity contribution is 8.13. The van der Waals surface area contributed by atoms with Crippen LogP contribution in [-0.4, -0.2) is 16.3 Å². The van der Waals surface area contributed by atoms with Gasteiger partial charge in [-0.2, -0.15) is 5.10 Å². The van der Waals surface area contributed by atoms with E-state index in [1.807, 2.05) is 30.3 Å². The van der Waals surface area contributed by atoms with E-state index >= 15 is 0 Å². The molecule has 9 heteroatoms. The second-order valence-corrected chi connectivity index (χ2v) is 5.53. The van der Waals surface area contributed by atoms with Gasteiger partial charge < -0.3 is 5.73 Å². The molecule has 2 N–H and O–H groups in total. The summed E-state index contributed by atoms with van der Waals surface area (Å²) in [5.41, 5.74) is 5.49. The van der Waals surface area contributed by atoms with Crippen LogP contribution >= 0.6 is 11.8 Å². The lowest BCUT2D eigenvalue weighted by Crippen LogP contribution is -2.06. The highest BCUT2D eigenvalue weighted by atomic mass is 32.2. The van der Waals surface area contributed by atoms with Crippen LogP contribution in [0.15, 0.2) is 52.7 Å². The van der Waals surface area contributed by atoms with Crippen LogP contribution in [0.4, 0.5) is 14.5 Å². The molecule has 0 aliphatic rings. The zero-order chi connectivity index (χ0) is 17.5. The minimum absolute atomic E-state index is 0.111. The standard InChI is InChI=1S/C15H12F2N4O2S/c16-11-6-13(17)12(14(7-11)21(22)23)8-19-20-15(18)24-9-10-4-2-1-3-5-10/h1-8H,9H2,(H2,18,20). The second kappa shape index (κ2) is 8.16. The second-order valence-electron chi connectivity index (χ2n) is 4.53. The molecule has 2 aromatic rings. The van der Waals surface area contributed by atoms with Crippen molar-refractivity contribution >= 4 is 28.8 Å². The number of thioether (sulfide) groups is 1. The molecule has 124 valence electrons. The van der Waals surface area contributed by atoms with E-state index in [0.717, 1.165) is 11.8 Å². The van der Waals surface area contributed by atoms with Crippen LogP contribution < -0.4 is 5.73 Å². The number of nitrogens with zero attached hydrogens (tertiary/aromatic N) is 3. The smallest absolute Gasteiger partial charge is 0.284 e. The van der Waals surface area contributed by atoms with E-state index in [-0.39, 0.29) is 5.17 Å². The molecule has 0 aliphatic heterocycles. The Bertz CT molecular complexity index is 798. The van der Waals surface area contributed by atoms with Crippen molar-refractivity contribution in [3.63, 3.8) is 0 Å². The number of rotatable bonds is 5. The zero-order valence-corrected chi connectivity index (χ0v) is 13.0. The van der Waals surface area contributed by atoms with Crippen LogP contribution in [0.25, 0.3) is 0 Å². The van der Waals surface area contributed by atoms with E-state index in [2.05, 4.69) is 10.2 Å². The topological polar surface area (TPSA) is 93.9 Å². The third kappa shape index (κ3) is 4.85. The fraction of sp³-hybridized carbons (Fsp3) is 0.0667. The summed E-state index contributed by atoms with van der Waals surface area (Å²) in [5.74, 6) is -1.58. The van der Waals surface area contributed by atoms with E-state index in [4.69, 9.17) is 5.73 Å². The molecule has 0 amide bonds. The van der Waals surface area contributed by atoms with Crippen LogP contribution in [0.5, 0.6) is 0 Å². The average molecular weight is 350 g/mol. The van der Waals surface area contributed by atoms with Crippen LogP contribution in [0.1, 0.15) is 11.1 Å². The lowest BCUT2D eigenvalue weighted by atomic mass is 10.2. The van der Waals surface area contributed by atoms with Gasteiger partial charge in [0.2, 0.25) is 0 Å². The maximum absolute atomic E-state index is 13.6. The molecule has 0 fully saturated rings. The molecule has 0 unspecified atom stereocenters. The van der Waals surface area contributed by atoms with Crippen LogP contribution in [-0.2, 0) is 5.75 Å². The van der Waals surface area contributed by atoms with Gasteiger partial charge in [0.25, 0.3) is 5.69 Å². The first-order chi connectivity index (χ1) is 11.5. The SMILES string of the molecule is NC(=NN=Cc1c(F)cc(F)cc1[N+](=O)[O-])SCc1ccccc1. The van der Waals surface area contributed by atoms with E-state index in [1.54, 1.807) is 0 Å². The normalized spacial score (nSPS) is 11.8. The average Bonchev–Trinajstić information content (AvgIpc) is 2.55. The summed E-state index contributed by atoms with van der Waals surface area (Å²) in [6.45, 7) is 0. The maximum atomic E-state index is 13.6. The molecule has 0 radical (unpaired) electrons. The summed E-state index contributed by atoms with van der Waals surface area (Å²) < 4.78 is 26.7. The maximum Gasteiger partial charge on any atom is 0.284 e. The van der Waals surface area contributed by atoms with Gasteiger partial charge in [0.15, 0.2) is 5.17 Å². The van der Waals surface area contributed by atoms with Crippen molar-refractivity contribution in [2.45, 2.75) is 5.75 Å². The van der Waals surface area contributed by atoms with E-state index < -0.39 is 27.8 Å². The third-order valence-electron chi connectivity index (χ3n) is 2.84. The summed E-state index contributed by atoms with van der Waals surface area (Å²) in [6, 6.07) is 10.6. The summed E-state index contributed by atoms with van der Waals surface area (Å²) in [5, 5.41) is 18.1. The van der Waals surface area contributed by atoms with Gasteiger partial charge in [0, 0.05) is 11.8 Å². The molecule has 24 heavy (non-hydrogen) atoms. The zero-order valence-electron chi connectivity index (χ0n) is 12.2. The molecule has 6 nitrogen and oxygen atoms in total. The van der Waals surface area contributed by atoms with Gasteiger partial charge in [-0.3, -0.25) is 10.1 Å². The number of hydrogen-bond acceptors (Lipinski definition) is 5. The van der Waals surface area contributed by atoms with Crippen molar-refractivity contribution in [2.75, 3.05) is 0 Å². The molecule has 0 saturated heterocycles. The van der Waals surface area contributed by atoms with Gasteiger partial charge in [0.05, 0.1) is 17.2 Å². The van der Waals surface area contributed by atoms with Gasteiger partial charge in [-0.25, -0.2) is 8.78 Å². The Balaban J connectivity index is 2.09. The number of hydrogen-bond donors (Lipinski definition) is 1. The Morgan fingerprint density at radius 2 is 2.00 bits per heavy atom. The van der Waals surface area contributed by atoms with Crippen LogP contribution in [0, 0.1) is 21.7 Å². The molecule has 2 rings (SSSR count). The van der Waals surface area contributed by atoms with Crippen molar-refractivity contribution in [1.82, 2.24) is 0 Å². The molecule has 0 spiro atoms. The van der Waals surface area contributed by atoms with Gasteiger partial charge >= 0.3 is 0 Å². The van der Waals surface area contributed by atoms with Crippen molar-refractivity contribution in [1.29, 1.82) is 0 Å². The number of halogens is 2. The fourth-order valence-electron chi connectivity index (χ4n) is 1.75. The Labute approximate surface area is 140 Å². The van der Waals surface area contributed by atoms with Crippen LogP contribution in [0.3, 0.4) is 0 Å². The van der Waals surface area contributed by atoms with E-state index in [9.17, 15) is 18.9 Å². The molecule has 0 aliphatic carbocycles. The first-order valence-corrected chi connectivity index (χ1v) is 7.62. The molecule has 2 aromatic carbocycles. The number of benzene rings is 2. The Kier molecular flexibility index (Phi) is 5.96. The third-order valence-corrected chi connectivity index (χ3v) is 3.70.